The molecule has 2 saturated heterocycles. The highest BCUT2D eigenvalue weighted by molar-refractivity contribution is 6.01. The molecule has 2 aliphatic heterocycles. The topological polar surface area (TPSA) is 160 Å². The van der Waals surface area contributed by atoms with Gasteiger partial charge in [-0.1, -0.05) is 68.4 Å². The van der Waals surface area contributed by atoms with Gasteiger partial charge in [0.2, 0.25) is 17.7 Å². The quantitative estimate of drug-likeness (QED) is 0.130. The molecule has 5 heterocycles. The van der Waals surface area contributed by atoms with E-state index >= 15 is 0 Å². The van der Waals surface area contributed by atoms with Gasteiger partial charge in [-0.25, -0.2) is 4.68 Å². The molecule has 57 heavy (non-hydrogen) atoms. The number of aromatic nitrogens is 5. The van der Waals surface area contributed by atoms with Crippen LogP contribution in [0.1, 0.15) is 91.1 Å². The zero-order chi connectivity index (χ0) is 39.7. The fourth-order valence-corrected chi connectivity index (χ4v) is 7.54. The molecule has 0 bridgehead atoms. The summed E-state index contributed by atoms with van der Waals surface area (Å²) in [5.41, 5.74) is 9.76. The summed E-state index contributed by atoms with van der Waals surface area (Å²) < 4.78 is 7.16. The van der Waals surface area contributed by atoms with E-state index in [-0.39, 0.29) is 35.0 Å². The number of fused-ring (bicyclic) bond motifs is 1. The molecule has 3 N–H and O–H groups in total. The number of pyridine rings is 1. The number of nitrogens with zero attached hydrogens (tertiary/aromatic N) is 6. The lowest BCUT2D eigenvalue weighted by molar-refractivity contribution is -0.133. The molecule has 0 radical (unpaired) electrons. The first kappa shape index (κ1) is 37.7. The average Bonchev–Trinajstić information content (AvgIpc) is 3.89. The number of carbonyl (C=O) groups excluding carboxylic acids is 3. The Balaban J connectivity index is 0.858. The van der Waals surface area contributed by atoms with E-state index in [0.717, 1.165) is 77.1 Å². The highest BCUT2D eigenvalue weighted by atomic mass is 16.5. The van der Waals surface area contributed by atoms with Gasteiger partial charge in [0.05, 0.1) is 11.9 Å². The van der Waals surface area contributed by atoms with Crippen molar-refractivity contribution in [3.8, 4) is 16.8 Å². The normalized spacial score (nSPS) is 16.8. The van der Waals surface area contributed by atoms with Crippen molar-refractivity contribution in [2.45, 2.75) is 83.8 Å². The van der Waals surface area contributed by atoms with Gasteiger partial charge in [-0.2, -0.15) is 10.1 Å². The Morgan fingerprint density at radius 2 is 1.74 bits per heavy atom. The van der Waals surface area contributed by atoms with E-state index in [4.69, 9.17) is 9.62 Å². The first-order valence-corrected chi connectivity index (χ1v) is 19.6. The van der Waals surface area contributed by atoms with Crippen LogP contribution in [-0.2, 0) is 28.1 Å². The number of aryl methyl sites for hydroxylation is 1. The minimum atomic E-state index is -0.379. The van der Waals surface area contributed by atoms with Crippen molar-refractivity contribution in [3.05, 3.63) is 119 Å². The van der Waals surface area contributed by atoms with E-state index in [2.05, 4.69) is 78.4 Å². The number of nitrogens with one attached hydrogen (secondary N) is 3. The summed E-state index contributed by atoms with van der Waals surface area (Å²) >= 11 is 0. The monoisotopic (exact) mass is 765 g/mol. The summed E-state index contributed by atoms with van der Waals surface area (Å²) in [6.45, 7) is 11.2. The van der Waals surface area contributed by atoms with Crippen LogP contribution >= 0.6 is 0 Å². The van der Waals surface area contributed by atoms with Crippen molar-refractivity contribution in [1.29, 1.82) is 0 Å². The number of rotatable bonds is 10. The fraction of sp³-hybridized carbons (Fsp3) is 0.341. The van der Waals surface area contributed by atoms with Gasteiger partial charge < -0.3 is 15.2 Å². The van der Waals surface area contributed by atoms with Gasteiger partial charge in [0, 0.05) is 42.4 Å². The SMILES string of the molecule is Cc1cc(-c2ccnc3cn(-c4ccc(CN5CCC(c6ccc(NC7CCC(=O)NC7=O)cc6)CC5)cc4)nc23)ccc1CNC(=O)c1noc(C(C)(C)C)n1. The molecule has 13 nitrogen and oxygen atoms in total. The zero-order valence-corrected chi connectivity index (χ0v) is 32.7. The van der Waals surface area contributed by atoms with E-state index in [1.807, 2.05) is 75.1 Å². The molecule has 0 spiro atoms. The number of benzene rings is 3. The Labute approximate surface area is 331 Å². The Morgan fingerprint density at radius 1 is 0.965 bits per heavy atom. The lowest BCUT2D eigenvalue weighted by atomic mass is 9.89. The summed E-state index contributed by atoms with van der Waals surface area (Å²) in [6, 6.07) is 24.8. The second-order valence-electron chi connectivity index (χ2n) is 16.2. The molecular weight excluding hydrogens is 719 g/mol. The van der Waals surface area contributed by atoms with Crippen molar-refractivity contribution < 1.29 is 18.9 Å². The predicted octanol–water partition coefficient (Wildman–Crippen LogP) is 6.60. The molecule has 13 heteroatoms. The Bertz CT molecular complexity index is 2420. The lowest BCUT2D eigenvalue weighted by Gasteiger charge is -2.32. The molecule has 3 amide bonds. The molecule has 3 aromatic heterocycles. The Kier molecular flexibility index (Phi) is 10.4. The van der Waals surface area contributed by atoms with Gasteiger partial charge >= 0.3 is 0 Å². The maximum absolute atomic E-state index is 12.7. The van der Waals surface area contributed by atoms with E-state index in [9.17, 15) is 14.4 Å². The highest BCUT2D eigenvalue weighted by Gasteiger charge is 2.27. The van der Waals surface area contributed by atoms with Crippen LogP contribution in [-0.4, -0.2) is 66.7 Å². The number of likely N-dealkylation sites (tertiary alicyclic amines) is 1. The number of hydrogen-bond donors (Lipinski definition) is 3. The summed E-state index contributed by atoms with van der Waals surface area (Å²) in [5.74, 6) is 0.109. The van der Waals surface area contributed by atoms with E-state index in [1.54, 1.807) is 0 Å². The first-order chi connectivity index (χ1) is 27.5. The van der Waals surface area contributed by atoms with Gasteiger partial charge in [-0.05, 0) is 103 Å². The van der Waals surface area contributed by atoms with Crippen molar-refractivity contribution >= 4 is 34.4 Å². The largest absolute Gasteiger partial charge is 0.374 e. The molecule has 6 aromatic rings. The summed E-state index contributed by atoms with van der Waals surface area (Å²) in [4.78, 5) is 47.7. The number of piperidine rings is 2. The van der Waals surface area contributed by atoms with E-state index < -0.39 is 0 Å². The molecule has 1 unspecified atom stereocenters. The summed E-state index contributed by atoms with van der Waals surface area (Å²) in [5, 5.41) is 17.4. The van der Waals surface area contributed by atoms with Crippen LogP contribution in [0.15, 0.2) is 89.7 Å². The first-order valence-electron chi connectivity index (χ1n) is 19.6. The van der Waals surface area contributed by atoms with Crippen molar-refractivity contribution in [2.75, 3.05) is 18.4 Å². The van der Waals surface area contributed by atoms with Crippen molar-refractivity contribution in [1.82, 2.24) is 40.4 Å². The van der Waals surface area contributed by atoms with Crippen LogP contribution in [0.4, 0.5) is 5.69 Å². The molecule has 0 saturated carbocycles. The third-order valence-electron chi connectivity index (χ3n) is 10.9. The molecule has 2 fully saturated rings. The molecule has 0 aliphatic carbocycles. The number of imide groups is 1. The lowest BCUT2D eigenvalue weighted by Crippen LogP contribution is -2.47. The smallest absolute Gasteiger partial charge is 0.292 e. The van der Waals surface area contributed by atoms with Crippen LogP contribution in [0.3, 0.4) is 0 Å². The zero-order valence-electron chi connectivity index (χ0n) is 32.7. The van der Waals surface area contributed by atoms with Crippen LogP contribution < -0.4 is 16.0 Å². The molecule has 3 aromatic carbocycles. The van der Waals surface area contributed by atoms with E-state index in [0.29, 0.717) is 31.2 Å². The van der Waals surface area contributed by atoms with Crippen molar-refractivity contribution in [3.63, 3.8) is 0 Å². The maximum Gasteiger partial charge on any atom is 0.292 e. The standard InChI is InChI=1S/C44H47N9O4/c1-27-23-31(7-8-32(27)24-46-42(56)40-49-43(57-51-40)44(2,3)4)35-17-20-45-37-26-53(50-39(35)37)34-13-5-28(6-14-34)25-52-21-18-30(19-22-52)29-9-11-33(12-10-29)47-36-15-16-38(54)48-41(36)55/h5-14,17,20,23,26,30,36,47H,15-16,18-19,21-22,24-25H2,1-4H3,(H,46,56)(H,48,54,55). The highest BCUT2D eigenvalue weighted by Crippen LogP contribution is 2.31. The molecule has 2 aliphatic rings. The molecule has 1 atom stereocenters. The van der Waals surface area contributed by atoms with Crippen LogP contribution in [0.25, 0.3) is 27.8 Å². The van der Waals surface area contributed by atoms with Gasteiger partial charge in [0.1, 0.15) is 17.1 Å². The summed E-state index contributed by atoms with van der Waals surface area (Å²) in [7, 11) is 0. The average molecular weight is 766 g/mol. The number of carbonyl (C=O) groups is 3. The number of anilines is 1. The third-order valence-corrected chi connectivity index (χ3v) is 10.9. The van der Waals surface area contributed by atoms with Gasteiger partial charge in [0.25, 0.3) is 11.7 Å². The van der Waals surface area contributed by atoms with Gasteiger partial charge in [-0.15, -0.1) is 0 Å². The fourth-order valence-electron chi connectivity index (χ4n) is 7.54. The molecule has 8 rings (SSSR count). The Hall–Kier alpha value is -6.21. The molecule has 292 valence electrons. The van der Waals surface area contributed by atoms with Crippen LogP contribution in [0.2, 0.25) is 0 Å². The second kappa shape index (κ2) is 15.7. The van der Waals surface area contributed by atoms with Gasteiger partial charge in [0.15, 0.2) is 0 Å². The van der Waals surface area contributed by atoms with Gasteiger partial charge in [-0.3, -0.25) is 29.6 Å². The van der Waals surface area contributed by atoms with E-state index in [1.165, 1.54) is 11.1 Å². The number of amides is 3. The third kappa shape index (κ3) is 8.48. The van der Waals surface area contributed by atoms with Crippen LogP contribution in [0.5, 0.6) is 0 Å². The maximum atomic E-state index is 12.7. The predicted molar refractivity (Wildman–Crippen MR) is 217 cm³/mol. The Morgan fingerprint density at radius 3 is 2.44 bits per heavy atom. The number of hydrogen-bond acceptors (Lipinski definition) is 10. The minimum absolute atomic E-state index is 0.0269. The minimum Gasteiger partial charge on any atom is -0.374 e. The molecular formula is C44H47N9O4. The second-order valence-corrected chi connectivity index (χ2v) is 16.2. The van der Waals surface area contributed by atoms with Crippen LogP contribution in [0, 0.1) is 6.92 Å². The summed E-state index contributed by atoms with van der Waals surface area (Å²) in [6.07, 6.45) is 6.83. The van der Waals surface area contributed by atoms with Crippen molar-refractivity contribution in [2.24, 2.45) is 0 Å².